The van der Waals surface area contributed by atoms with Crippen molar-refractivity contribution in [2.45, 2.75) is 67.2 Å². The Balaban J connectivity index is 0.000000232. The predicted molar refractivity (Wildman–Crippen MR) is 203 cm³/mol. The van der Waals surface area contributed by atoms with Gasteiger partial charge in [0.2, 0.25) is 5.65 Å². The van der Waals surface area contributed by atoms with Crippen LogP contribution in [0.15, 0.2) is 46.3 Å². The van der Waals surface area contributed by atoms with Crippen LogP contribution in [0.2, 0.25) is 5.02 Å². The second kappa shape index (κ2) is 19.3. The molecule has 17 nitrogen and oxygen atoms in total. The SMILES string of the molecule is COc1cnc(OC)n2nc(NS(=O)(=O)c3c(OCC(F)F)cccc3C(F)(F)F)nc12.CS(=O)(=O)c1ccc(C(=O)C2C(=O)CCCC2=O)c(Cl)c1COCC1CCCO1. The molecule has 1 N–H and O–H groups in total. The maximum Gasteiger partial charge on any atom is 0.417 e. The lowest BCUT2D eigenvalue weighted by molar-refractivity contribution is -0.140. The maximum atomic E-state index is 13.5. The summed E-state index contributed by atoms with van der Waals surface area (Å²) in [6.07, 6.45) is -3.45. The largest absolute Gasteiger partial charge is 0.491 e. The van der Waals surface area contributed by atoms with Crippen LogP contribution in [-0.4, -0.2) is 107 Å². The molecule has 1 unspecified atom stereocenters. The zero-order chi connectivity index (χ0) is 44.9. The zero-order valence-corrected chi connectivity index (χ0v) is 34.7. The third kappa shape index (κ3) is 11.1. The second-order valence-corrected chi connectivity index (χ2v) is 17.3. The fourth-order valence-electron chi connectivity index (χ4n) is 6.31. The molecule has 2 aromatic heterocycles. The van der Waals surface area contributed by atoms with Crippen LogP contribution < -0.4 is 18.9 Å². The van der Waals surface area contributed by atoms with Crippen molar-refractivity contribution >= 4 is 60.4 Å². The Labute approximate surface area is 349 Å². The summed E-state index contributed by atoms with van der Waals surface area (Å²) in [4.78, 5) is 43.5. The number of nitrogens with one attached hydrogen (secondary N) is 1. The smallest absolute Gasteiger partial charge is 0.417 e. The number of fused-ring (bicyclic) bond motifs is 1. The molecule has 1 atom stereocenters. The van der Waals surface area contributed by atoms with Gasteiger partial charge in [0.1, 0.15) is 23.2 Å². The van der Waals surface area contributed by atoms with E-state index in [4.69, 9.17) is 30.5 Å². The number of hydrogen-bond acceptors (Lipinski definition) is 15. The standard InChI is InChI=1S/C20H23ClO7S.C16H14F5N5O5S/c1-29(25,26)17-8-7-13(20(24)18-15(22)5-2-6-16(18)23)19(21)14(17)11-27-10-12-4-3-9-28-12;1-29-10-6-22-15(30-2)26-13(10)23-14(24-26)25-32(27,28)12-8(16(19,20)21)4-3-5-9(12)31-7-11(17)18/h7-8,12,18H,2-6,9-11H2,1H3;3-6,11H,7H2,1-2H3,(H,24,25). The van der Waals surface area contributed by atoms with Gasteiger partial charge in [-0.05, 0) is 43.5 Å². The van der Waals surface area contributed by atoms with Crippen molar-refractivity contribution in [1.82, 2.24) is 19.6 Å². The average Bonchev–Trinajstić information content (AvgIpc) is 3.86. The molecule has 0 spiro atoms. The Bertz CT molecular complexity index is 2460. The lowest BCUT2D eigenvalue weighted by Crippen LogP contribution is -2.35. The summed E-state index contributed by atoms with van der Waals surface area (Å²) in [6.45, 7) is -0.514. The summed E-state index contributed by atoms with van der Waals surface area (Å²) in [6, 6.07) is 4.52. The van der Waals surface area contributed by atoms with Crippen molar-refractivity contribution in [2.75, 3.05) is 45.0 Å². The van der Waals surface area contributed by atoms with Gasteiger partial charge in [0.05, 0.1) is 55.2 Å². The summed E-state index contributed by atoms with van der Waals surface area (Å²) < 4.78 is 144. The molecule has 4 aromatic rings. The minimum absolute atomic E-state index is 0.0385. The lowest BCUT2D eigenvalue weighted by atomic mass is 9.81. The highest BCUT2D eigenvalue weighted by molar-refractivity contribution is 7.93. The minimum atomic E-state index is -5.14. The van der Waals surface area contributed by atoms with E-state index in [1.54, 1.807) is 4.72 Å². The Morgan fingerprint density at radius 3 is 2.33 bits per heavy atom. The molecule has 0 radical (unpaired) electrons. The van der Waals surface area contributed by atoms with E-state index >= 15 is 0 Å². The molecule has 1 saturated carbocycles. The molecule has 61 heavy (non-hydrogen) atoms. The van der Waals surface area contributed by atoms with Crippen molar-refractivity contribution in [1.29, 1.82) is 0 Å². The lowest BCUT2D eigenvalue weighted by Gasteiger charge is -2.20. The number of sulfone groups is 1. The first kappa shape index (κ1) is 47.0. The minimum Gasteiger partial charge on any atom is -0.491 e. The van der Waals surface area contributed by atoms with Gasteiger partial charge >= 0.3 is 12.2 Å². The van der Waals surface area contributed by atoms with E-state index in [-0.39, 0.29) is 70.6 Å². The van der Waals surface area contributed by atoms with Crippen LogP contribution in [0.1, 0.15) is 53.6 Å². The number of hydrogen-bond donors (Lipinski definition) is 1. The molecule has 332 valence electrons. The molecule has 0 bridgehead atoms. The van der Waals surface area contributed by atoms with Gasteiger partial charge in [-0.15, -0.1) is 5.10 Å². The van der Waals surface area contributed by atoms with Crippen molar-refractivity contribution in [3.8, 4) is 17.5 Å². The Kier molecular flexibility index (Phi) is 14.9. The molecule has 2 aliphatic rings. The quantitative estimate of drug-likeness (QED) is 0.0924. The number of methoxy groups -OCH3 is 2. The monoisotopic (exact) mass is 925 g/mol. The number of rotatable bonds is 15. The summed E-state index contributed by atoms with van der Waals surface area (Å²) in [5.74, 6) is -4.44. The second-order valence-electron chi connectivity index (χ2n) is 13.3. The van der Waals surface area contributed by atoms with E-state index in [2.05, 4.69) is 19.8 Å². The first-order valence-electron chi connectivity index (χ1n) is 18.0. The molecule has 1 saturated heterocycles. The van der Waals surface area contributed by atoms with Gasteiger partial charge in [-0.3, -0.25) is 14.4 Å². The molecule has 6 rings (SSSR count). The number of carbonyl (C=O) groups excluding carboxylic acids is 3. The summed E-state index contributed by atoms with van der Waals surface area (Å²) in [7, 11) is -6.19. The van der Waals surface area contributed by atoms with Crippen LogP contribution in [0.3, 0.4) is 0 Å². The first-order chi connectivity index (χ1) is 28.7. The van der Waals surface area contributed by atoms with Crippen LogP contribution in [0.4, 0.5) is 27.9 Å². The zero-order valence-electron chi connectivity index (χ0n) is 32.3. The number of Topliss-reactive ketones (excluding diaryl/α,β-unsaturated/α-hetero) is 3. The summed E-state index contributed by atoms with van der Waals surface area (Å²) in [5.41, 5.74) is -1.58. The van der Waals surface area contributed by atoms with Crippen molar-refractivity contribution in [2.24, 2.45) is 5.92 Å². The third-order valence-electron chi connectivity index (χ3n) is 9.04. The van der Waals surface area contributed by atoms with Gasteiger partial charge in [-0.2, -0.15) is 27.7 Å². The molecule has 1 aliphatic carbocycles. The molecule has 2 fully saturated rings. The van der Waals surface area contributed by atoms with Crippen LogP contribution in [0, 0.1) is 5.92 Å². The number of ether oxygens (including phenoxy) is 5. The molecule has 2 aromatic carbocycles. The van der Waals surface area contributed by atoms with Crippen LogP contribution >= 0.6 is 11.6 Å². The third-order valence-corrected chi connectivity index (χ3v) is 12.1. The molecular formula is C36H37ClF5N5O12S2. The van der Waals surface area contributed by atoms with Crippen molar-refractivity contribution < 1.29 is 76.9 Å². The van der Waals surface area contributed by atoms with Gasteiger partial charge in [0.15, 0.2) is 32.9 Å². The first-order valence-corrected chi connectivity index (χ1v) is 21.7. The van der Waals surface area contributed by atoms with Gasteiger partial charge < -0.3 is 23.7 Å². The number of nitrogens with zero attached hydrogens (tertiary/aromatic N) is 4. The molecule has 0 amide bonds. The van der Waals surface area contributed by atoms with Crippen molar-refractivity contribution in [3.63, 3.8) is 0 Å². The average molecular weight is 926 g/mol. The number of sulfonamides is 1. The van der Waals surface area contributed by atoms with Gasteiger partial charge in [0.25, 0.3) is 22.4 Å². The van der Waals surface area contributed by atoms with Gasteiger partial charge in [0, 0.05) is 36.8 Å². The fourth-order valence-corrected chi connectivity index (χ4v) is 8.89. The Morgan fingerprint density at radius 2 is 1.74 bits per heavy atom. The number of anilines is 1. The van der Waals surface area contributed by atoms with E-state index in [0.717, 1.165) is 35.7 Å². The highest BCUT2D eigenvalue weighted by Gasteiger charge is 2.41. The molecule has 3 heterocycles. The number of benzene rings is 2. The Morgan fingerprint density at radius 1 is 1.03 bits per heavy atom. The van der Waals surface area contributed by atoms with Crippen LogP contribution in [0.5, 0.6) is 17.5 Å². The van der Waals surface area contributed by atoms with E-state index in [1.165, 1.54) is 32.5 Å². The van der Waals surface area contributed by atoms with Crippen LogP contribution in [-0.2, 0) is 51.7 Å². The molecule has 1 aliphatic heterocycles. The normalized spacial score (nSPS) is 16.4. The highest BCUT2D eigenvalue weighted by atomic mass is 35.5. The number of alkyl halides is 5. The predicted octanol–water partition coefficient (Wildman–Crippen LogP) is 5.17. The molecular weight excluding hydrogens is 889 g/mol. The van der Waals surface area contributed by atoms with E-state index in [1.807, 2.05) is 0 Å². The summed E-state index contributed by atoms with van der Waals surface area (Å²) in [5, 5.41) is 3.70. The number of aromatic nitrogens is 4. The van der Waals surface area contributed by atoms with E-state index < -0.39 is 84.5 Å². The van der Waals surface area contributed by atoms with Gasteiger partial charge in [-0.25, -0.2) is 30.3 Å². The number of halogens is 6. The summed E-state index contributed by atoms with van der Waals surface area (Å²) >= 11 is 6.41. The fraction of sp³-hybridized carbons (Fsp3) is 0.444. The number of ketones is 3. The van der Waals surface area contributed by atoms with Gasteiger partial charge in [-0.1, -0.05) is 17.7 Å². The highest BCUT2D eigenvalue weighted by Crippen LogP contribution is 2.40. The van der Waals surface area contributed by atoms with Crippen LogP contribution in [0.25, 0.3) is 5.65 Å². The topological polar surface area (TPSA) is 221 Å². The Hall–Kier alpha value is -5.04. The number of carbonyl (C=O) groups is 3. The van der Waals surface area contributed by atoms with E-state index in [0.29, 0.717) is 19.1 Å². The maximum absolute atomic E-state index is 13.5. The van der Waals surface area contributed by atoms with E-state index in [9.17, 15) is 53.2 Å². The van der Waals surface area contributed by atoms with Crippen molar-refractivity contribution in [3.05, 3.63) is 58.2 Å². The molecule has 25 heteroatoms.